The van der Waals surface area contributed by atoms with Gasteiger partial charge in [-0.2, -0.15) is 4.37 Å². The quantitative estimate of drug-likeness (QED) is 0.610. The molecule has 6 nitrogen and oxygen atoms in total. The fourth-order valence-electron chi connectivity index (χ4n) is 3.64. The predicted octanol–water partition coefficient (Wildman–Crippen LogP) is 4.65. The number of hydrogen-bond acceptors (Lipinski definition) is 5. The first-order valence-electron chi connectivity index (χ1n) is 9.90. The smallest absolute Gasteiger partial charge is 0.276 e. The van der Waals surface area contributed by atoms with Crippen molar-refractivity contribution in [2.24, 2.45) is 0 Å². The number of aryl methyl sites for hydroxylation is 1. The Morgan fingerprint density at radius 3 is 2.50 bits per heavy atom. The van der Waals surface area contributed by atoms with Gasteiger partial charge >= 0.3 is 0 Å². The SMILES string of the molecule is COCCN(C(=O)c1nsc(Cl)c1Cl)[C@@H](C(=O)NC1CCCC1)c1ccc(C)cc1. The van der Waals surface area contributed by atoms with Crippen molar-refractivity contribution in [3.63, 3.8) is 0 Å². The van der Waals surface area contributed by atoms with Crippen LogP contribution in [0, 0.1) is 6.92 Å². The Balaban J connectivity index is 1.98. The summed E-state index contributed by atoms with van der Waals surface area (Å²) in [5.41, 5.74) is 1.84. The summed E-state index contributed by atoms with van der Waals surface area (Å²) in [6, 6.07) is 6.90. The van der Waals surface area contributed by atoms with Crippen molar-refractivity contribution in [1.29, 1.82) is 0 Å². The van der Waals surface area contributed by atoms with Gasteiger partial charge in [-0.25, -0.2) is 0 Å². The van der Waals surface area contributed by atoms with E-state index in [0.29, 0.717) is 0 Å². The zero-order valence-electron chi connectivity index (χ0n) is 17.0. The predicted molar refractivity (Wildman–Crippen MR) is 119 cm³/mol. The molecule has 30 heavy (non-hydrogen) atoms. The standard InChI is InChI=1S/C21H25Cl2N3O3S/c1-13-7-9-14(10-8-13)18(20(27)24-15-5-3-4-6-15)26(11-12-29-2)21(28)17-16(22)19(23)30-25-17/h7-10,15,18H,3-6,11-12H2,1-2H3,(H,24,27)/t18-/m1/s1. The van der Waals surface area contributed by atoms with Crippen LogP contribution in [0.1, 0.15) is 53.3 Å². The second kappa shape index (κ2) is 10.6. The molecule has 0 spiro atoms. The molecule has 0 bridgehead atoms. The van der Waals surface area contributed by atoms with Gasteiger partial charge in [-0.05, 0) is 36.9 Å². The Labute approximate surface area is 190 Å². The van der Waals surface area contributed by atoms with Gasteiger partial charge in [-0.1, -0.05) is 65.9 Å². The number of rotatable bonds is 8. The molecule has 1 aliphatic carbocycles. The molecular formula is C21H25Cl2N3O3S. The molecule has 0 unspecified atom stereocenters. The van der Waals surface area contributed by atoms with Gasteiger partial charge in [-0.3, -0.25) is 9.59 Å². The van der Waals surface area contributed by atoms with Crippen molar-refractivity contribution in [3.05, 3.63) is 50.4 Å². The van der Waals surface area contributed by atoms with Gasteiger partial charge in [-0.15, -0.1) is 0 Å². The van der Waals surface area contributed by atoms with E-state index in [9.17, 15) is 9.59 Å². The Hall–Kier alpha value is -1.67. The zero-order chi connectivity index (χ0) is 21.7. The molecule has 0 radical (unpaired) electrons. The van der Waals surface area contributed by atoms with Gasteiger partial charge in [0.1, 0.15) is 15.4 Å². The number of ether oxygens (including phenoxy) is 1. The van der Waals surface area contributed by atoms with Gasteiger partial charge in [0.05, 0.1) is 6.61 Å². The lowest BCUT2D eigenvalue weighted by Crippen LogP contribution is -2.47. The maximum atomic E-state index is 13.4. The number of carbonyl (C=O) groups excluding carboxylic acids is 2. The van der Waals surface area contributed by atoms with Crippen molar-refractivity contribution in [3.8, 4) is 0 Å². The summed E-state index contributed by atoms with van der Waals surface area (Å²) in [6.45, 7) is 2.44. The first kappa shape index (κ1) is 23.0. The number of methoxy groups -OCH3 is 1. The molecule has 1 N–H and O–H groups in total. The highest BCUT2D eigenvalue weighted by Crippen LogP contribution is 2.32. The maximum absolute atomic E-state index is 13.4. The summed E-state index contributed by atoms with van der Waals surface area (Å²) in [6.07, 6.45) is 4.09. The van der Waals surface area contributed by atoms with E-state index in [4.69, 9.17) is 27.9 Å². The van der Waals surface area contributed by atoms with Gasteiger partial charge in [0.15, 0.2) is 5.69 Å². The third kappa shape index (κ3) is 5.32. The largest absolute Gasteiger partial charge is 0.383 e. The molecule has 0 saturated heterocycles. The minimum Gasteiger partial charge on any atom is -0.383 e. The van der Waals surface area contributed by atoms with Gasteiger partial charge in [0.2, 0.25) is 5.91 Å². The molecule has 9 heteroatoms. The van der Waals surface area contributed by atoms with E-state index >= 15 is 0 Å². The Bertz CT molecular complexity index is 882. The van der Waals surface area contributed by atoms with E-state index in [2.05, 4.69) is 9.69 Å². The van der Waals surface area contributed by atoms with Crippen molar-refractivity contribution in [2.75, 3.05) is 20.3 Å². The molecule has 1 aromatic carbocycles. The van der Waals surface area contributed by atoms with E-state index in [1.54, 1.807) is 7.11 Å². The van der Waals surface area contributed by atoms with Crippen molar-refractivity contribution in [1.82, 2.24) is 14.6 Å². The zero-order valence-corrected chi connectivity index (χ0v) is 19.3. The highest BCUT2D eigenvalue weighted by atomic mass is 35.5. The van der Waals surface area contributed by atoms with Crippen LogP contribution in [0.25, 0.3) is 0 Å². The van der Waals surface area contributed by atoms with Crippen LogP contribution in [-0.2, 0) is 9.53 Å². The summed E-state index contributed by atoms with van der Waals surface area (Å²) in [7, 11) is 1.55. The number of amides is 2. The molecule has 2 amide bonds. The van der Waals surface area contributed by atoms with Crippen LogP contribution >= 0.6 is 34.7 Å². The summed E-state index contributed by atoms with van der Waals surface area (Å²) in [4.78, 5) is 28.3. The molecular weight excluding hydrogens is 445 g/mol. The molecule has 1 atom stereocenters. The van der Waals surface area contributed by atoms with Crippen LogP contribution in [0.4, 0.5) is 0 Å². The van der Waals surface area contributed by atoms with Crippen molar-refractivity contribution < 1.29 is 14.3 Å². The Morgan fingerprint density at radius 2 is 1.93 bits per heavy atom. The third-order valence-corrected chi connectivity index (χ3v) is 6.86. The number of nitrogens with one attached hydrogen (secondary N) is 1. The Morgan fingerprint density at radius 1 is 1.27 bits per heavy atom. The fourth-order valence-corrected chi connectivity index (χ4v) is 4.62. The third-order valence-electron chi connectivity index (χ3n) is 5.25. The van der Waals surface area contributed by atoms with Crippen molar-refractivity contribution >= 4 is 46.5 Å². The molecule has 162 valence electrons. The molecule has 1 heterocycles. The second-order valence-electron chi connectivity index (χ2n) is 7.41. The van der Waals surface area contributed by atoms with E-state index in [1.165, 1.54) is 4.90 Å². The molecule has 1 fully saturated rings. The Kier molecular flexibility index (Phi) is 8.11. The van der Waals surface area contributed by atoms with Gasteiger partial charge in [0.25, 0.3) is 5.91 Å². The summed E-state index contributed by atoms with van der Waals surface area (Å²) < 4.78 is 9.57. The lowest BCUT2D eigenvalue weighted by Gasteiger charge is -2.31. The van der Waals surface area contributed by atoms with E-state index in [1.807, 2.05) is 31.2 Å². The summed E-state index contributed by atoms with van der Waals surface area (Å²) >= 11 is 13.2. The second-order valence-corrected chi connectivity index (χ2v) is 9.17. The lowest BCUT2D eigenvalue weighted by atomic mass is 10.0. The van der Waals surface area contributed by atoms with E-state index in [-0.39, 0.29) is 40.2 Å². The highest BCUT2D eigenvalue weighted by molar-refractivity contribution is 7.11. The van der Waals surface area contributed by atoms with Crippen LogP contribution in [-0.4, -0.2) is 47.4 Å². The fraction of sp³-hybridized carbons (Fsp3) is 0.476. The molecule has 3 rings (SSSR count). The lowest BCUT2D eigenvalue weighted by molar-refractivity contribution is -0.126. The first-order chi connectivity index (χ1) is 14.4. The molecule has 1 aliphatic rings. The highest BCUT2D eigenvalue weighted by Gasteiger charge is 2.35. The molecule has 1 aromatic heterocycles. The number of aromatic nitrogens is 1. The number of halogens is 2. The monoisotopic (exact) mass is 469 g/mol. The molecule has 1 saturated carbocycles. The van der Waals surface area contributed by atoms with Crippen molar-refractivity contribution in [2.45, 2.75) is 44.7 Å². The number of benzene rings is 1. The maximum Gasteiger partial charge on any atom is 0.276 e. The first-order valence-corrected chi connectivity index (χ1v) is 11.4. The van der Waals surface area contributed by atoms with Crippen LogP contribution in [0.3, 0.4) is 0 Å². The van der Waals surface area contributed by atoms with Gasteiger partial charge < -0.3 is 15.0 Å². The molecule has 0 aliphatic heterocycles. The number of nitrogens with zero attached hydrogens (tertiary/aromatic N) is 2. The number of hydrogen-bond donors (Lipinski definition) is 1. The minimum atomic E-state index is -0.828. The molecule has 2 aromatic rings. The van der Waals surface area contributed by atoms with E-state index < -0.39 is 11.9 Å². The normalized spacial score (nSPS) is 15.2. The summed E-state index contributed by atoms with van der Waals surface area (Å²) in [5.74, 6) is -0.667. The van der Waals surface area contributed by atoms with Crippen LogP contribution in [0.15, 0.2) is 24.3 Å². The topological polar surface area (TPSA) is 71.5 Å². The van der Waals surface area contributed by atoms with E-state index in [0.717, 1.165) is 48.3 Å². The average molecular weight is 470 g/mol. The van der Waals surface area contributed by atoms with Crippen LogP contribution < -0.4 is 5.32 Å². The summed E-state index contributed by atoms with van der Waals surface area (Å²) in [5, 5.41) is 3.23. The average Bonchev–Trinajstić information content (AvgIpc) is 3.36. The van der Waals surface area contributed by atoms with Gasteiger partial charge in [0, 0.05) is 19.7 Å². The van der Waals surface area contributed by atoms with Crippen LogP contribution in [0.5, 0.6) is 0 Å². The number of carbonyl (C=O) groups is 2. The minimum absolute atomic E-state index is 0.0496. The van der Waals surface area contributed by atoms with Crippen LogP contribution in [0.2, 0.25) is 9.36 Å².